The van der Waals surface area contributed by atoms with E-state index in [9.17, 15) is 139 Å². The Morgan fingerprint density at radius 3 is 1.32 bits per heavy atom. The van der Waals surface area contributed by atoms with E-state index in [1.165, 1.54) is 0 Å². The number of rotatable bonds is 28. The number of hydrogen-bond donors (Lipinski definition) is 24. The first-order chi connectivity index (χ1) is 44.2. The van der Waals surface area contributed by atoms with E-state index in [1.54, 1.807) is 0 Å². The van der Waals surface area contributed by atoms with Gasteiger partial charge >= 0.3 is 22.3 Å². The van der Waals surface area contributed by atoms with Crippen LogP contribution in [0.2, 0.25) is 0 Å². The van der Waals surface area contributed by atoms with Crippen molar-refractivity contribution in [3.63, 3.8) is 0 Å². The molecule has 548 valence electrons. The summed E-state index contributed by atoms with van der Waals surface area (Å²) in [6.07, 6.45) is -59.8. The number of carbonyl (C=O) groups excluding carboxylic acids is 4. The highest BCUT2D eigenvalue weighted by atomic mass is 32.3. The Balaban J connectivity index is 1.26. The van der Waals surface area contributed by atoms with E-state index in [-0.39, 0.29) is 0 Å². The molecule has 6 rings (SSSR count). The van der Waals surface area contributed by atoms with Crippen molar-refractivity contribution in [1.82, 2.24) is 21.3 Å². The molecular formula is C50H82N4O40S. The zero-order valence-corrected chi connectivity index (χ0v) is 51.3. The molecular weight excluding hydrogens is 1330 g/mol. The number of amides is 4. The van der Waals surface area contributed by atoms with Crippen molar-refractivity contribution in [3.05, 3.63) is 0 Å². The summed E-state index contributed by atoms with van der Waals surface area (Å²) in [5, 5.41) is 216. The van der Waals surface area contributed by atoms with Crippen molar-refractivity contribution < 1.29 is 195 Å². The van der Waals surface area contributed by atoms with E-state index >= 15 is 0 Å². The van der Waals surface area contributed by atoms with Gasteiger partial charge < -0.3 is 170 Å². The van der Waals surface area contributed by atoms with Crippen LogP contribution in [0.25, 0.3) is 0 Å². The Morgan fingerprint density at radius 2 is 0.874 bits per heavy atom. The topological polar surface area (TPSA) is 700 Å². The number of carboxylic acids is 2. The maximum absolute atomic E-state index is 12.9. The SMILES string of the molecule is CC(=O)N[C@H]1[C@H](O[C@H]2[C@@H](O)[C@@H](CO)O[C@@H](O[C@H]3[C@@H](O)[C@@H](CO[C@]4(C(=O)O)C[C@H](O)[C@@H](NC(C)=O)[C@H]([C@H](O)[C@H](O)CO)O4)OC(O)[C@@H]3NC(C)=O)[C@@H]2O)O[C@H](COS(=O)(=O)O)[C@@H](O[C@@H]2O[C@H](CO[C@]3(C(=O)O)C[C@H](O)[C@@H](NC(C)=O)[C@H]([C@H](O)[C@H](O)CO)O3)[C@H](O)[C@H](O)[C@H]2O)[C@@H]1O. The molecule has 0 spiro atoms. The van der Waals surface area contributed by atoms with Gasteiger partial charge in [0, 0.05) is 40.5 Å². The molecule has 6 heterocycles. The van der Waals surface area contributed by atoms with Crippen LogP contribution in [0, 0.1) is 0 Å². The Morgan fingerprint density at radius 1 is 0.474 bits per heavy atom. The number of hydrogen-bond acceptors (Lipinski definition) is 37. The van der Waals surface area contributed by atoms with Gasteiger partial charge in [0.25, 0.3) is 11.6 Å². The van der Waals surface area contributed by atoms with Crippen LogP contribution >= 0.6 is 0 Å². The van der Waals surface area contributed by atoms with Crippen molar-refractivity contribution in [1.29, 1.82) is 0 Å². The van der Waals surface area contributed by atoms with E-state index in [1.807, 2.05) is 0 Å². The Hall–Kier alpha value is -4.43. The second-order valence-corrected chi connectivity index (χ2v) is 24.2. The Bertz CT molecular complexity index is 2710. The van der Waals surface area contributed by atoms with Crippen molar-refractivity contribution in [2.24, 2.45) is 0 Å². The molecule has 6 saturated heterocycles. The molecule has 45 heteroatoms. The predicted octanol–water partition coefficient (Wildman–Crippen LogP) is -15.3. The molecule has 0 aromatic carbocycles. The molecule has 6 fully saturated rings. The number of aliphatic hydroxyl groups excluding tert-OH is 17. The largest absolute Gasteiger partial charge is 0.477 e. The van der Waals surface area contributed by atoms with E-state index in [4.69, 9.17) is 52.1 Å². The van der Waals surface area contributed by atoms with Crippen LogP contribution in [0.3, 0.4) is 0 Å². The van der Waals surface area contributed by atoms with E-state index in [2.05, 4.69) is 25.5 Å². The second kappa shape index (κ2) is 33.2. The number of carboxylic acid groups (broad SMARTS) is 2. The van der Waals surface area contributed by atoms with Crippen LogP contribution in [0.4, 0.5) is 0 Å². The number of carbonyl (C=O) groups is 6. The Labute approximate surface area is 536 Å². The summed E-state index contributed by atoms with van der Waals surface area (Å²) in [7, 11) is -5.52. The number of nitrogens with one attached hydrogen (secondary N) is 4. The lowest BCUT2D eigenvalue weighted by atomic mass is 9.88. The molecule has 44 nitrogen and oxygen atoms in total. The highest BCUT2D eigenvalue weighted by Crippen LogP contribution is 2.39. The molecule has 6 aliphatic heterocycles. The summed E-state index contributed by atoms with van der Waals surface area (Å²) in [4.78, 5) is 75.2. The molecule has 0 radical (unpaired) electrons. The van der Waals surface area contributed by atoms with Crippen LogP contribution in [0.15, 0.2) is 0 Å². The molecule has 0 bridgehead atoms. The van der Waals surface area contributed by atoms with Crippen LogP contribution < -0.4 is 21.3 Å². The monoisotopic (exact) mass is 1410 g/mol. The quantitative estimate of drug-likeness (QED) is 0.0324. The second-order valence-electron chi connectivity index (χ2n) is 23.2. The summed E-state index contributed by atoms with van der Waals surface area (Å²) < 4.78 is 101. The minimum absolute atomic E-state index is 0.833. The Kier molecular flexibility index (Phi) is 27.8. The number of aliphatic hydroxyl groups is 17. The van der Waals surface area contributed by atoms with Gasteiger partial charge in [-0.2, -0.15) is 8.42 Å². The van der Waals surface area contributed by atoms with Gasteiger partial charge in [0.1, 0.15) is 134 Å². The van der Waals surface area contributed by atoms with Crippen LogP contribution in [-0.4, -0.2) is 380 Å². The fraction of sp³-hybridized carbons (Fsp3) is 0.880. The van der Waals surface area contributed by atoms with Gasteiger partial charge in [-0.3, -0.25) is 23.7 Å². The van der Waals surface area contributed by atoms with Gasteiger partial charge in [-0.05, 0) is 0 Å². The van der Waals surface area contributed by atoms with Crippen molar-refractivity contribution in [3.8, 4) is 0 Å². The lowest BCUT2D eigenvalue weighted by molar-refractivity contribution is -0.378. The fourth-order valence-electron chi connectivity index (χ4n) is 11.4. The summed E-state index contributed by atoms with van der Waals surface area (Å²) >= 11 is 0. The summed E-state index contributed by atoms with van der Waals surface area (Å²) in [6.45, 7) is -3.70. The molecule has 32 atom stereocenters. The van der Waals surface area contributed by atoms with Gasteiger partial charge in [0.15, 0.2) is 25.2 Å². The van der Waals surface area contributed by atoms with Gasteiger partial charge in [0.05, 0.1) is 63.9 Å². The average molecular weight is 1410 g/mol. The summed E-state index contributed by atoms with van der Waals surface area (Å²) in [6, 6.07) is -7.35. The molecule has 0 aromatic heterocycles. The first-order valence-corrected chi connectivity index (χ1v) is 30.4. The third-order valence-corrected chi connectivity index (χ3v) is 16.6. The van der Waals surface area contributed by atoms with Gasteiger partial charge in [0.2, 0.25) is 23.6 Å². The van der Waals surface area contributed by atoms with Crippen molar-refractivity contribution in [2.45, 2.75) is 236 Å². The third kappa shape index (κ3) is 18.7. The summed E-state index contributed by atoms with van der Waals surface area (Å²) in [5.41, 5.74) is 0. The van der Waals surface area contributed by atoms with Crippen LogP contribution in [0.5, 0.6) is 0 Å². The van der Waals surface area contributed by atoms with Gasteiger partial charge in [-0.15, -0.1) is 0 Å². The molecule has 0 saturated carbocycles. The van der Waals surface area contributed by atoms with Gasteiger partial charge in [-0.1, -0.05) is 0 Å². The maximum atomic E-state index is 12.9. The molecule has 0 aromatic rings. The first-order valence-electron chi connectivity index (χ1n) is 29.0. The van der Waals surface area contributed by atoms with Crippen LogP contribution in [0.1, 0.15) is 40.5 Å². The molecule has 0 aliphatic carbocycles. The minimum atomic E-state index is -5.52. The predicted molar refractivity (Wildman–Crippen MR) is 290 cm³/mol. The lowest BCUT2D eigenvalue weighted by Crippen LogP contribution is -2.70. The van der Waals surface area contributed by atoms with E-state index < -0.39 is 294 Å². The molecule has 95 heavy (non-hydrogen) atoms. The minimum Gasteiger partial charge on any atom is -0.477 e. The fourth-order valence-corrected chi connectivity index (χ4v) is 11.8. The van der Waals surface area contributed by atoms with E-state index in [0.29, 0.717) is 0 Å². The molecule has 4 amide bonds. The summed E-state index contributed by atoms with van der Waals surface area (Å²) in [5.74, 6) is -13.9. The van der Waals surface area contributed by atoms with Crippen LogP contribution in [-0.2, 0) is 95.5 Å². The van der Waals surface area contributed by atoms with Gasteiger partial charge in [-0.25, -0.2) is 13.8 Å². The normalized spacial score (nSPS) is 42.3. The lowest BCUT2D eigenvalue weighted by Gasteiger charge is -2.50. The first kappa shape index (κ1) is 79.6. The molecule has 1 unspecified atom stereocenters. The standard InChI is InChI=1S/C50H82N4O40S/c1-13(58)51-25-17(62)5-49(47(76)77,93-40(25)29(66)19(64)7-55)83-10-22-31(68)35(72)36(73)45(88-22)90-38-24(12-85-95(80,81)82)89-44(27(34(38)71)53-15(3)60)92-42-32(69)21(9-57)87-46(37(42)74)91-39-28(54-16(4)61)43(75)86-23(33(39)70)11-84-50(48(78)79)6-18(63)26(52-14(2)59)41(94-50)30(67)20(65)8-56/h17-46,55-57,62-75H,5-12H2,1-4H3,(H,51,58)(H,52,59)(H,53,60)(H,54,61)(H,76,77)(H,78,79)(H,80,81,82)/t17-,18-,19+,20+,21+,22+,23+,24+,25+,26+,27+,28+,29+,30+,31-,32-,33-,34+,35-,36+,37+,38+,39+,40+,41+,42-,43?,44-,45-,46-,49+,50+/m0/s1. The zero-order valence-electron chi connectivity index (χ0n) is 50.5. The molecule has 6 aliphatic rings. The van der Waals surface area contributed by atoms with Crippen molar-refractivity contribution in [2.75, 3.05) is 39.6 Å². The average Bonchev–Trinajstić information content (AvgIpc) is 0.781. The maximum Gasteiger partial charge on any atom is 0.397 e. The highest BCUT2D eigenvalue weighted by Gasteiger charge is 2.61. The van der Waals surface area contributed by atoms with Crippen molar-refractivity contribution >= 4 is 46.0 Å². The smallest absolute Gasteiger partial charge is 0.397 e. The number of aliphatic carboxylic acids is 2. The highest BCUT2D eigenvalue weighted by molar-refractivity contribution is 7.80. The number of ether oxygens (including phenoxy) is 11. The zero-order chi connectivity index (χ0) is 71.3. The van der Waals surface area contributed by atoms with E-state index in [0.717, 1.165) is 27.7 Å². The third-order valence-electron chi connectivity index (χ3n) is 16.2. The molecule has 24 N–H and O–H groups in total.